The normalized spacial score (nSPS) is 22.7. The van der Waals surface area contributed by atoms with Crippen LogP contribution in [0.25, 0.3) is 0 Å². The van der Waals surface area contributed by atoms with Gasteiger partial charge in [0.05, 0.1) is 16.5 Å². The lowest BCUT2D eigenvalue weighted by molar-refractivity contribution is -0.145. The van der Waals surface area contributed by atoms with Gasteiger partial charge in [-0.15, -0.1) is 0 Å². The minimum atomic E-state index is -4.53. The van der Waals surface area contributed by atoms with Gasteiger partial charge in [-0.1, -0.05) is 11.6 Å². The van der Waals surface area contributed by atoms with E-state index < -0.39 is 23.6 Å². The summed E-state index contributed by atoms with van der Waals surface area (Å²) in [6.45, 7) is 0. The van der Waals surface area contributed by atoms with Crippen molar-refractivity contribution < 1.29 is 23.1 Å². The van der Waals surface area contributed by atoms with E-state index in [0.717, 1.165) is 12.1 Å². The van der Waals surface area contributed by atoms with Gasteiger partial charge in [0.2, 0.25) is 0 Å². The lowest BCUT2D eigenvalue weighted by atomic mass is 9.79. The fraction of sp³-hybridized carbons (Fsp3) is 0.417. The van der Waals surface area contributed by atoms with E-state index >= 15 is 0 Å². The van der Waals surface area contributed by atoms with Crippen LogP contribution in [0.1, 0.15) is 18.4 Å². The van der Waals surface area contributed by atoms with E-state index in [1.807, 2.05) is 0 Å². The van der Waals surface area contributed by atoms with Gasteiger partial charge < -0.3 is 10.4 Å². The second-order valence-corrected chi connectivity index (χ2v) is 4.87. The molecule has 1 aromatic rings. The largest absolute Gasteiger partial charge is 0.481 e. The van der Waals surface area contributed by atoms with Crippen molar-refractivity contribution in [3.8, 4) is 0 Å². The molecule has 0 aliphatic heterocycles. The first-order valence-electron chi connectivity index (χ1n) is 5.65. The van der Waals surface area contributed by atoms with Gasteiger partial charge in [-0.05, 0) is 31.0 Å². The molecule has 2 unspecified atom stereocenters. The molecule has 1 aliphatic carbocycles. The fourth-order valence-corrected chi connectivity index (χ4v) is 2.24. The number of rotatable bonds is 3. The number of carboxylic acids is 1. The van der Waals surface area contributed by atoms with Crippen LogP contribution in [0.5, 0.6) is 0 Å². The number of carboxylic acid groups (broad SMARTS) is 1. The summed E-state index contributed by atoms with van der Waals surface area (Å²) in [4.78, 5) is 10.8. The zero-order chi connectivity index (χ0) is 14.2. The molecule has 1 aromatic carbocycles. The zero-order valence-electron chi connectivity index (χ0n) is 9.67. The van der Waals surface area contributed by atoms with Gasteiger partial charge in [0.15, 0.2) is 0 Å². The van der Waals surface area contributed by atoms with Gasteiger partial charge in [0, 0.05) is 11.7 Å². The first-order chi connectivity index (χ1) is 8.79. The Bertz CT molecular complexity index is 504. The Kier molecular flexibility index (Phi) is 3.62. The third-order valence-electron chi connectivity index (χ3n) is 3.22. The first kappa shape index (κ1) is 14.0. The number of alkyl halides is 3. The molecular formula is C12H11ClF3NO2. The van der Waals surface area contributed by atoms with Gasteiger partial charge in [-0.3, -0.25) is 4.79 Å². The maximum absolute atomic E-state index is 12.7. The van der Waals surface area contributed by atoms with Gasteiger partial charge in [0.1, 0.15) is 0 Å². The van der Waals surface area contributed by atoms with E-state index in [0.29, 0.717) is 12.8 Å². The molecule has 1 aliphatic rings. The van der Waals surface area contributed by atoms with Crippen LogP contribution in [-0.2, 0) is 11.0 Å². The Labute approximate surface area is 112 Å². The lowest BCUT2D eigenvalue weighted by Gasteiger charge is -2.34. The zero-order valence-corrected chi connectivity index (χ0v) is 10.4. The number of halogens is 4. The van der Waals surface area contributed by atoms with Crippen LogP contribution < -0.4 is 5.32 Å². The summed E-state index contributed by atoms with van der Waals surface area (Å²) in [5, 5.41) is 11.3. The molecule has 0 heterocycles. The topological polar surface area (TPSA) is 49.3 Å². The number of nitrogens with one attached hydrogen (secondary N) is 1. The summed E-state index contributed by atoms with van der Waals surface area (Å²) in [6, 6.07) is 3.13. The Hall–Kier alpha value is -1.43. The highest BCUT2D eigenvalue weighted by atomic mass is 35.5. The quantitative estimate of drug-likeness (QED) is 0.894. The molecule has 3 nitrogen and oxygen atoms in total. The highest BCUT2D eigenvalue weighted by Gasteiger charge is 2.37. The minimum Gasteiger partial charge on any atom is -0.481 e. The smallest absolute Gasteiger partial charge is 0.417 e. The predicted molar refractivity (Wildman–Crippen MR) is 64.2 cm³/mol. The van der Waals surface area contributed by atoms with Crippen molar-refractivity contribution in [2.75, 3.05) is 5.32 Å². The third kappa shape index (κ3) is 2.94. The molecule has 7 heteroatoms. The molecule has 0 spiro atoms. The molecule has 0 radical (unpaired) electrons. The van der Waals surface area contributed by atoms with Crippen LogP contribution in [0.4, 0.5) is 18.9 Å². The van der Waals surface area contributed by atoms with Gasteiger partial charge in [0.25, 0.3) is 0 Å². The number of hydrogen-bond acceptors (Lipinski definition) is 2. The summed E-state index contributed by atoms with van der Waals surface area (Å²) in [5.41, 5.74) is -0.696. The van der Waals surface area contributed by atoms with Gasteiger partial charge in [-0.2, -0.15) is 13.2 Å². The molecule has 19 heavy (non-hydrogen) atoms. The second-order valence-electron chi connectivity index (χ2n) is 4.47. The molecule has 2 N–H and O–H groups in total. The standard InChI is InChI=1S/C12H11ClF3NO2/c13-9-3-1-6(5-8(9)12(14,15)16)17-10-4-2-7(10)11(18)19/h1,3,5,7,10,17H,2,4H2,(H,18,19). The highest BCUT2D eigenvalue weighted by Crippen LogP contribution is 2.37. The third-order valence-corrected chi connectivity index (χ3v) is 3.54. The van der Waals surface area contributed by atoms with Crippen LogP contribution >= 0.6 is 11.6 Å². The van der Waals surface area contributed by atoms with E-state index in [1.165, 1.54) is 6.07 Å². The molecule has 2 rings (SSSR count). The maximum Gasteiger partial charge on any atom is 0.417 e. The van der Waals surface area contributed by atoms with Crippen LogP contribution in [0, 0.1) is 5.92 Å². The summed E-state index contributed by atoms with van der Waals surface area (Å²) in [5.74, 6) is -1.49. The average molecular weight is 294 g/mol. The van der Waals surface area contributed by atoms with E-state index in [2.05, 4.69) is 5.32 Å². The fourth-order valence-electron chi connectivity index (χ4n) is 2.01. The number of benzene rings is 1. The Balaban J connectivity index is 2.16. The number of aliphatic carboxylic acids is 1. The molecule has 0 bridgehead atoms. The van der Waals surface area contributed by atoms with E-state index in [1.54, 1.807) is 0 Å². The minimum absolute atomic E-state index is 0.229. The summed E-state index contributed by atoms with van der Waals surface area (Å²) < 4.78 is 38.0. The SMILES string of the molecule is O=C(O)C1CCC1Nc1ccc(Cl)c(C(F)(F)F)c1. The van der Waals surface area contributed by atoms with Gasteiger partial charge >= 0.3 is 12.1 Å². The molecule has 104 valence electrons. The van der Waals surface area contributed by atoms with Crippen LogP contribution in [0.2, 0.25) is 5.02 Å². The predicted octanol–water partition coefficient (Wildman–Crippen LogP) is 3.63. The van der Waals surface area contributed by atoms with E-state index in [-0.39, 0.29) is 16.8 Å². The summed E-state index contributed by atoms with van der Waals surface area (Å²) in [7, 11) is 0. The van der Waals surface area contributed by atoms with Crippen molar-refractivity contribution in [2.24, 2.45) is 5.92 Å². The average Bonchev–Trinajstić information content (AvgIpc) is 2.23. The molecule has 0 saturated heterocycles. The number of anilines is 1. The van der Waals surface area contributed by atoms with Crippen molar-refractivity contribution >= 4 is 23.3 Å². The first-order valence-corrected chi connectivity index (χ1v) is 6.03. The number of hydrogen-bond donors (Lipinski definition) is 2. The summed E-state index contributed by atoms with van der Waals surface area (Å²) in [6.07, 6.45) is -3.37. The molecule has 1 fully saturated rings. The van der Waals surface area contributed by atoms with Crippen molar-refractivity contribution in [3.63, 3.8) is 0 Å². The molecule has 2 atom stereocenters. The van der Waals surface area contributed by atoms with Crippen molar-refractivity contribution in [1.82, 2.24) is 0 Å². The number of carbonyl (C=O) groups is 1. The summed E-state index contributed by atoms with van der Waals surface area (Å²) >= 11 is 5.50. The molecule has 0 amide bonds. The maximum atomic E-state index is 12.7. The molecular weight excluding hydrogens is 283 g/mol. The van der Waals surface area contributed by atoms with Crippen LogP contribution in [-0.4, -0.2) is 17.1 Å². The monoisotopic (exact) mass is 293 g/mol. The Morgan fingerprint density at radius 2 is 2.05 bits per heavy atom. The Morgan fingerprint density at radius 1 is 1.37 bits per heavy atom. The van der Waals surface area contributed by atoms with Crippen LogP contribution in [0.15, 0.2) is 18.2 Å². The highest BCUT2D eigenvalue weighted by molar-refractivity contribution is 6.31. The van der Waals surface area contributed by atoms with E-state index in [4.69, 9.17) is 16.7 Å². The Morgan fingerprint density at radius 3 is 2.53 bits per heavy atom. The second kappa shape index (κ2) is 4.92. The van der Waals surface area contributed by atoms with Crippen molar-refractivity contribution in [2.45, 2.75) is 25.1 Å². The molecule has 1 saturated carbocycles. The van der Waals surface area contributed by atoms with Gasteiger partial charge in [-0.25, -0.2) is 0 Å². The van der Waals surface area contributed by atoms with Crippen molar-refractivity contribution in [1.29, 1.82) is 0 Å². The molecule has 0 aromatic heterocycles. The lowest BCUT2D eigenvalue weighted by Crippen LogP contribution is -2.43. The van der Waals surface area contributed by atoms with Crippen molar-refractivity contribution in [3.05, 3.63) is 28.8 Å². The van der Waals surface area contributed by atoms with Crippen LogP contribution in [0.3, 0.4) is 0 Å². The van der Waals surface area contributed by atoms with E-state index in [9.17, 15) is 18.0 Å².